The lowest BCUT2D eigenvalue weighted by Gasteiger charge is -2.39. The van der Waals surface area contributed by atoms with Crippen molar-refractivity contribution in [2.24, 2.45) is 11.3 Å². The topological polar surface area (TPSA) is 32.8 Å². The molecule has 0 aliphatic carbocycles. The van der Waals surface area contributed by atoms with Gasteiger partial charge in [0.05, 0.1) is 6.61 Å². The van der Waals surface area contributed by atoms with E-state index < -0.39 is 0 Å². The molecule has 0 aromatic carbocycles. The maximum Gasteiger partial charge on any atom is 0.246 e. The predicted octanol–water partition coefficient (Wildman–Crippen LogP) is 2.55. The fraction of sp³-hybridized carbons (Fsp3) is 0.833. The second-order valence-electron chi connectivity index (χ2n) is 7.66. The Labute approximate surface area is 135 Å². The third kappa shape index (κ3) is 5.40. The molecule has 1 unspecified atom stereocenters. The van der Waals surface area contributed by atoms with E-state index in [9.17, 15) is 4.79 Å². The minimum absolute atomic E-state index is 0.181. The molecule has 0 aromatic rings. The van der Waals surface area contributed by atoms with Crippen LogP contribution < -0.4 is 0 Å². The first kappa shape index (κ1) is 17.5. The van der Waals surface area contributed by atoms with Gasteiger partial charge in [0.1, 0.15) is 0 Å². The van der Waals surface area contributed by atoms with E-state index in [0.29, 0.717) is 5.92 Å². The number of piperidine rings is 1. The van der Waals surface area contributed by atoms with Gasteiger partial charge in [-0.25, -0.2) is 0 Å². The van der Waals surface area contributed by atoms with Crippen molar-refractivity contribution >= 4 is 5.91 Å². The summed E-state index contributed by atoms with van der Waals surface area (Å²) in [5.41, 5.74) is 0.286. The molecule has 2 rings (SSSR count). The summed E-state index contributed by atoms with van der Waals surface area (Å²) < 4.78 is 5.45. The highest BCUT2D eigenvalue weighted by atomic mass is 16.5. The maximum absolute atomic E-state index is 12.4. The Kier molecular flexibility index (Phi) is 6.45. The van der Waals surface area contributed by atoms with Crippen LogP contribution in [0.15, 0.2) is 12.2 Å². The van der Waals surface area contributed by atoms with Crippen LogP contribution in [0, 0.1) is 11.3 Å². The summed E-state index contributed by atoms with van der Waals surface area (Å²) in [5.74, 6) is 0.793. The molecule has 4 heteroatoms. The van der Waals surface area contributed by atoms with Crippen molar-refractivity contribution in [3.05, 3.63) is 12.2 Å². The molecule has 0 N–H and O–H groups in total. The zero-order chi connectivity index (χ0) is 16.0. The van der Waals surface area contributed by atoms with Gasteiger partial charge in [0.25, 0.3) is 0 Å². The molecule has 2 aliphatic rings. The third-order valence-electron chi connectivity index (χ3n) is 4.90. The molecule has 126 valence electrons. The van der Waals surface area contributed by atoms with Gasteiger partial charge in [-0.05, 0) is 30.6 Å². The van der Waals surface area contributed by atoms with E-state index >= 15 is 0 Å². The standard InChI is InChI=1S/C18H32N2O2/c1-18(2,3)16-7-4-11-20(15-16)17(21)8-5-9-19-10-6-13-22-14-12-19/h5,8,16H,4,6-7,9-15H2,1-3H3/b8-5+. The zero-order valence-electron chi connectivity index (χ0n) is 14.5. The van der Waals surface area contributed by atoms with E-state index in [0.717, 1.165) is 58.8 Å². The number of carbonyl (C=O) groups excluding carboxylic acids is 1. The van der Waals surface area contributed by atoms with Crippen LogP contribution in [0.2, 0.25) is 0 Å². The van der Waals surface area contributed by atoms with Gasteiger partial charge in [-0.15, -0.1) is 0 Å². The summed E-state index contributed by atoms with van der Waals surface area (Å²) in [6, 6.07) is 0. The van der Waals surface area contributed by atoms with Crippen molar-refractivity contribution in [3.8, 4) is 0 Å². The first-order valence-corrected chi connectivity index (χ1v) is 8.72. The molecule has 4 nitrogen and oxygen atoms in total. The molecule has 0 spiro atoms. The second-order valence-corrected chi connectivity index (χ2v) is 7.66. The van der Waals surface area contributed by atoms with Gasteiger partial charge in [-0.3, -0.25) is 9.69 Å². The Morgan fingerprint density at radius 2 is 2.00 bits per heavy atom. The van der Waals surface area contributed by atoms with Crippen molar-refractivity contribution in [1.82, 2.24) is 9.80 Å². The Hall–Kier alpha value is -0.870. The van der Waals surface area contributed by atoms with E-state index in [1.807, 2.05) is 11.0 Å². The van der Waals surface area contributed by atoms with Crippen LogP contribution in [-0.4, -0.2) is 61.6 Å². The minimum Gasteiger partial charge on any atom is -0.380 e. The number of carbonyl (C=O) groups is 1. The number of amides is 1. The van der Waals surface area contributed by atoms with Gasteiger partial charge in [-0.2, -0.15) is 0 Å². The summed E-state index contributed by atoms with van der Waals surface area (Å²) in [7, 11) is 0. The Morgan fingerprint density at radius 1 is 1.18 bits per heavy atom. The Morgan fingerprint density at radius 3 is 2.77 bits per heavy atom. The summed E-state index contributed by atoms with van der Waals surface area (Å²) in [4.78, 5) is 16.8. The van der Waals surface area contributed by atoms with E-state index in [-0.39, 0.29) is 11.3 Å². The molecule has 2 heterocycles. The van der Waals surface area contributed by atoms with Crippen LogP contribution in [0.3, 0.4) is 0 Å². The molecule has 22 heavy (non-hydrogen) atoms. The second kappa shape index (κ2) is 8.11. The van der Waals surface area contributed by atoms with E-state index in [4.69, 9.17) is 4.74 Å². The van der Waals surface area contributed by atoms with Crippen molar-refractivity contribution in [1.29, 1.82) is 0 Å². The van der Waals surface area contributed by atoms with Gasteiger partial charge >= 0.3 is 0 Å². The van der Waals surface area contributed by atoms with Crippen LogP contribution in [-0.2, 0) is 9.53 Å². The number of hydrogen-bond acceptors (Lipinski definition) is 3. The Balaban J connectivity index is 1.79. The van der Waals surface area contributed by atoms with Gasteiger partial charge in [0.15, 0.2) is 0 Å². The first-order valence-electron chi connectivity index (χ1n) is 8.72. The molecular formula is C18H32N2O2. The van der Waals surface area contributed by atoms with Crippen molar-refractivity contribution in [2.75, 3.05) is 45.9 Å². The fourth-order valence-corrected chi connectivity index (χ4v) is 3.27. The highest BCUT2D eigenvalue weighted by Crippen LogP contribution is 2.33. The molecule has 0 saturated carbocycles. The number of nitrogens with zero attached hydrogens (tertiary/aromatic N) is 2. The highest BCUT2D eigenvalue weighted by Gasteiger charge is 2.30. The average Bonchev–Trinajstić information content (AvgIpc) is 2.75. The quantitative estimate of drug-likeness (QED) is 0.751. The Bertz CT molecular complexity index is 379. The predicted molar refractivity (Wildman–Crippen MR) is 89.8 cm³/mol. The van der Waals surface area contributed by atoms with Crippen molar-refractivity contribution < 1.29 is 9.53 Å². The average molecular weight is 308 g/mol. The van der Waals surface area contributed by atoms with Crippen LogP contribution in [0.25, 0.3) is 0 Å². The van der Waals surface area contributed by atoms with Crippen LogP contribution in [0.4, 0.5) is 0 Å². The highest BCUT2D eigenvalue weighted by molar-refractivity contribution is 5.87. The minimum atomic E-state index is 0.181. The number of rotatable bonds is 3. The summed E-state index contributed by atoms with van der Waals surface area (Å²) >= 11 is 0. The van der Waals surface area contributed by atoms with Gasteiger partial charge in [-0.1, -0.05) is 26.8 Å². The monoisotopic (exact) mass is 308 g/mol. The number of hydrogen-bond donors (Lipinski definition) is 0. The van der Waals surface area contributed by atoms with E-state index in [1.54, 1.807) is 6.08 Å². The molecule has 0 aromatic heterocycles. The lowest BCUT2D eigenvalue weighted by atomic mass is 9.76. The summed E-state index contributed by atoms with van der Waals surface area (Å²) in [5, 5.41) is 0. The first-order chi connectivity index (χ1) is 10.5. The molecule has 1 amide bonds. The molecule has 2 fully saturated rings. The normalized spacial score (nSPS) is 25.4. The summed E-state index contributed by atoms with van der Waals surface area (Å²) in [6.45, 7) is 13.2. The van der Waals surface area contributed by atoms with Gasteiger partial charge in [0, 0.05) is 45.4 Å². The van der Waals surface area contributed by atoms with Gasteiger partial charge < -0.3 is 9.64 Å². The SMILES string of the molecule is CC(C)(C)C1CCCN(C(=O)/C=C/CN2CCCOCC2)C1. The van der Waals surface area contributed by atoms with E-state index in [1.165, 1.54) is 6.42 Å². The third-order valence-corrected chi connectivity index (χ3v) is 4.90. The molecule has 1 atom stereocenters. The summed E-state index contributed by atoms with van der Waals surface area (Å²) in [6.07, 6.45) is 7.25. The largest absolute Gasteiger partial charge is 0.380 e. The van der Waals surface area contributed by atoms with Crippen molar-refractivity contribution in [2.45, 2.75) is 40.0 Å². The van der Waals surface area contributed by atoms with Gasteiger partial charge in [0.2, 0.25) is 5.91 Å². The molecule has 0 bridgehead atoms. The van der Waals surface area contributed by atoms with Crippen molar-refractivity contribution in [3.63, 3.8) is 0 Å². The molecular weight excluding hydrogens is 276 g/mol. The lowest BCUT2D eigenvalue weighted by molar-refractivity contribution is -0.128. The van der Waals surface area contributed by atoms with Crippen LogP contribution >= 0.6 is 0 Å². The zero-order valence-corrected chi connectivity index (χ0v) is 14.5. The molecule has 2 saturated heterocycles. The van der Waals surface area contributed by atoms with Crippen LogP contribution in [0.1, 0.15) is 40.0 Å². The van der Waals surface area contributed by atoms with Crippen LogP contribution in [0.5, 0.6) is 0 Å². The molecule has 2 aliphatic heterocycles. The smallest absolute Gasteiger partial charge is 0.246 e. The number of likely N-dealkylation sites (tertiary alicyclic amines) is 1. The maximum atomic E-state index is 12.4. The lowest BCUT2D eigenvalue weighted by Crippen LogP contribution is -2.43. The number of ether oxygens (including phenoxy) is 1. The molecule has 0 radical (unpaired) electrons. The van der Waals surface area contributed by atoms with E-state index in [2.05, 4.69) is 25.7 Å². The fourth-order valence-electron chi connectivity index (χ4n) is 3.27.